The molecule has 1 N–H and O–H groups in total. The number of alkyl halides is 2. The summed E-state index contributed by atoms with van der Waals surface area (Å²) in [7, 11) is 1.48. The third-order valence-electron chi connectivity index (χ3n) is 3.46. The number of nitriles is 1. The molecular formula is C20H16F2N2O5. The van der Waals surface area contributed by atoms with Crippen LogP contribution in [0.2, 0.25) is 0 Å². The van der Waals surface area contributed by atoms with Crippen molar-refractivity contribution in [3.63, 3.8) is 0 Å². The number of esters is 1. The zero-order valence-electron chi connectivity index (χ0n) is 15.2. The quantitative estimate of drug-likeness (QED) is 0.413. The van der Waals surface area contributed by atoms with Crippen molar-refractivity contribution in [1.82, 2.24) is 0 Å². The smallest absolute Gasteiger partial charge is 0.387 e. The number of nitrogens with one attached hydrogen (secondary N) is 1. The first-order chi connectivity index (χ1) is 13.9. The predicted molar refractivity (Wildman–Crippen MR) is 99.2 cm³/mol. The first-order valence-corrected chi connectivity index (χ1v) is 8.19. The summed E-state index contributed by atoms with van der Waals surface area (Å²) in [6, 6.07) is 13.9. The van der Waals surface area contributed by atoms with Crippen LogP contribution in [-0.2, 0) is 14.3 Å². The van der Waals surface area contributed by atoms with E-state index in [1.54, 1.807) is 30.3 Å². The highest BCUT2D eigenvalue weighted by atomic mass is 19.3. The van der Waals surface area contributed by atoms with E-state index in [-0.39, 0.29) is 17.0 Å². The lowest BCUT2D eigenvalue weighted by Gasteiger charge is -2.11. The van der Waals surface area contributed by atoms with Crippen LogP contribution in [0, 0.1) is 11.3 Å². The second-order valence-electron chi connectivity index (χ2n) is 5.45. The number of rotatable bonds is 8. The molecule has 0 fully saturated rings. The summed E-state index contributed by atoms with van der Waals surface area (Å²) in [4.78, 5) is 24.0. The fourth-order valence-corrected chi connectivity index (χ4v) is 2.20. The van der Waals surface area contributed by atoms with Crippen LogP contribution in [0.25, 0.3) is 6.08 Å². The summed E-state index contributed by atoms with van der Waals surface area (Å²) >= 11 is 0. The molecule has 0 unspecified atom stereocenters. The van der Waals surface area contributed by atoms with Gasteiger partial charge in [-0.2, -0.15) is 14.0 Å². The van der Waals surface area contributed by atoms with E-state index in [0.717, 1.165) is 0 Å². The summed E-state index contributed by atoms with van der Waals surface area (Å²) < 4.78 is 39.0. The van der Waals surface area contributed by atoms with Gasteiger partial charge in [0.15, 0.2) is 6.61 Å². The highest BCUT2D eigenvalue weighted by molar-refractivity contribution is 6.00. The van der Waals surface area contributed by atoms with E-state index in [4.69, 9.17) is 14.7 Å². The zero-order valence-corrected chi connectivity index (χ0v) is 15.2. The predicted octanol–water partition coefficient (Wildman–Crippen LogP) is 3.39. The molecule has 0 aliphatic carbocycles. The highest BCUT2D eigenvalue weighted by Gasteiger charge is 2.15. The Bertz CT molecular complexity index is 954. The Kier molecular flexibility index (Phi) is 7.68. The molecule has 0 saturated heterocycles. The van der Waals surface area contributed by atoms with Crippen molar-refractivity contribution in [2.75, 3.05) is 19.0 Å². The maximum absolute atomic E-state index is 12.4. The van der Waals surface area contributed by atoms with Gasteiger partial charge in [-0.15, -0.1) is 0 Å². The maximum atomic E-state index is 12.4. The van der Waals surface area contributed by atoms with Gasteiger partial charge in [0.25, 0.3) is 5.91 Å². The minimum Gasteiger partial charge on any atom is -0.497 e. The number of carbonyl (C=O) groups is 2. The Hall–Kier alpha value is -3.93. The number of halogens is 2. The lowest BCUT2D eigenvalue weighted by Crippen LogP contribution is -2.22. The first kappa shape index (κ1) is 21.4. The first-order valence-electron chi connectivity index (χ1n) is 8.19. The van der Waals surface area contributed by atoms with Crippen molar-refractivity contribution in [3.05, 3.63) is 59.7 Å². The monoisotopic (exact) mass is 402 g/mol. The fraction of sp³-hybridized carbons (Fsp3) is 0.150. The van der Waals surface area contributed by atoms with Crippen LogP contribution in [0.5, 0.6) is 11.5 Å². The highest BCUT2D eigenvalue weighted by Crippen LogP contribution is 2.25. The van der Waals surface area contributed by atoms with Crippen LogP contribution in [-0.4, -0.2) is 32.2 Å². The number of ether oxygens (including phenoxy) is 3. The molecule has 7 nitrogen and oxygen atoms in total. The van der Waals surface area contributed by atoms with Gasteiger partial charge in [-0.1, -0.05) is 24.3 Å². The molecule has 0 heterocycles. The molecule has 0 bridgehead atoms. The van der Waals surface area contributed by atoms with Crippen molar-refractivity contribution in [2.24, 2.45) is 0 Å². The Balaban J connectivity index is 1.99. The van der Waals surface area contributed by atoms with Gasteiger partial charge in [0.05, 0.1) is 12.8 Å². The SMILES string of the molecule is COc1cccc(/C=C(\C#N)C(=O)OCC(=O)Nc2ccccc2OC(F)F)c1. The van der Waals surface area contributed by atoms with Crippen LogP contribution < -0.4 is 14.8 Å². The number of amides is 1. The number of hydrogen-bond donors (Lipinski definition) is 1. The van der Waals surface area contributed by atoms with Gasteiger partial charge in [-0.25, -0.2) is 4.79 Å². The second kappa shape index (κ2) is 10.4. The van der Waals surface area contributed by atoms with E-state index >= 15 is 0 Å². The van der Waals surface area contributed by atoms with Gasteiger partial charge < -0.3 is 19.5 Å². The van der Waals surface area contributed by atoms with Crippen LogP contribution in [0.1, 0.15) is 5.56 Å². The topological polar surface area (TPSA) is 97.6 Å². The van der Waals surface area contributed by atoms with Crippen molar-refractivity contribution in [2.45, 2.75) is 6.61 Å². The lowest BCUT2D eigenvalue weighted by atomic mass is 10.1. The third kappa shape index (κ3) is 6.62. The number of nitrogens with zero attached hydrogens (tertiary/aromatic N) is 1. The van der Waals surface area contributed by atoms with Gasteiger partial charge >= 0.3 is 12.6 Å². The van der Waals surface area contributed by atoms with Crippen LogP contribution in [0.4, 0.5) is 14.5 Å². The van der Waals surface area contributed by atoms with Gasteiger partial charge in [-0.3, -0.25) is 4.79 Å². The number of para-hydroxylation sites is 2. The summed E-state index contributed by atoms with van der Waals surface area (Å²) in [5.41, 5.74) is 0.189. The molecule has 0 spiro atoms. The molecule has 2 aromatic rings. The van der Waals surface area contributed by atoms with Gasteiger partial charge in [0, 0.05) is 0 Å². The summed E-state index contributed by atoms with van der Waals surface area (Å²) in [6.07, 6.45) is 1.29. The number of benzene rings is 2. The Labute approximate surface area is 165 Å². The molecule has 150 valence electrons. The molecule has 0 radical (unpaired) electrons. The summed E-state index contributed by atoms with van der Waals surface area (Å²) in [5, 5.41) is 11.5. The average molecular weight is 402 g/mol. The molecule has 2 rings (SSSR count). The number of hydrogen-bond acceptors (Lipinski definition) is 6. The number of anilines is 1. The van der Waals surface area contributed by atoms with Gasteiger partial charge in [0.1, 0.15) is 23.1 Å². The fourth-order valence-electron chi connectivity index (χ4n) is 2.20. The molecule has 0 saturated carbocycles. The minimum atomic E-state index is -3.06. The van der Waals surface area contributed by atoms with Crippen LogP contribution in [0.15, 0.2) is 54.1 Å². The Morgan fingerprint density at radius 1 is 1.21 bits per heavy atom. The van der Waals surface area contributed by atoms with E-state index in [2.05, 4.69) is 10.1 Å². The molecule has 0 aromatic heterocycles. The lowest BCUT2D eigenvalue weighted by molar-refractivity contribution is -0.142. The molecule has 0 atom stereocenters. The molecular weight excluding hydrogens is 386 g/mol. The van der Waals surface area contributed by atoms with E-state index in [1.807, 2.05) is 0 Å². The normalized spacial score (nSPS) is 10.8. The molecule has 29 heavy (non-hydrogen) atoms. The van der Waals surface area contributed by atoms with E-state index in [0.29, 0.717) is 11.3 Å². The average Bonchev–Trinajstić information content (AvgIpc) is 2.71. The van der Waals surface area contributed by atoms with E-state index < -0.39 is 25.1 Å². The number of methoxy groups -OCH3 is 1. The van der Waals surface area contributed by atoms with Gasteiger partial charge in [-0.05, 0) is 35.9 Å². The largest absolute Gasteiger partial charge is 0.497 e. The summed E-state index contributed by atoms with van der Waals surface area (Å²) in [6.45, 7) is -3.79. The standard InChI is InChI=1S/C20H16F2N2O5/c1-27-15-6-4-5-13(10-15)9-14(11-23)19(26)28-12-18(25)24-16-7-2-3-8-17(16)29-20(21)22/h2-10,20H,12H2,1H3,(H,24,25)/b14-9+. The third-order valence-corrected chi connectivity index (χ3v) is 3.46. The molecule has 1 amide bonds. The maximum Gasteiger partial charge on any atom is 0.387 e. The Morgan fingerprint density at radius 3 is 2.66 bits per heavy atom. The molecule has 2 aromatic carbocycles. The molecule has 0 aliphatic heterocycles. The minimum absolute atomic E-state index is 0.0127. The van der Waals surface area contributed by atoms with E-state index in [1.165, 1.54) is 37.5 Å². The van der Waals surface area contributed by atoms with Crippen LogP contribution >= 0.6 is 0 Å². The van der Waals surface area contributed by atoms with Crippen molar-refractivity contribution < 1.29 is 32.6 Å². The second-order valence-corrected chi connectivity index (χ2v) is 5.45. The number of carbonyl (C=O) groups excluding carboxylic acids is 2. The molecule has 9 heteroatoms. The van der Waals surface area contributed by atoms with Crippen molar-refractivity contribution in [3.8, 4) is 17.6 Å². The zero-order chi connectivity index (χ0) is 21.2. The summed E-state index contributed by atoms with van der Waals surface area (Å²) in [5.74, 6) is -1.50. The molecule has 0 aliphatic rings. The van der Waals surface area contributed by atoms with Crippen molar-refractivity contribution >= 4 is 23.6 Å². The van der Waals surface area contributed by atoms with E-state index in [9.17, 15) is 18.4 Å². The van der Waals surface area contributed by atoms with Crippen molar-refractivity contribution in [1.29, 1.82) is 5.26 Å². The van der Waals surface area contributed by atoms with Gasteiger partial charge in [0.2, 0.25) is 0 Å². The van der Waals surface area contributed by atoms with Crippen LogP contribution in [0.3, 0.4) is 0 Å². The Morgan fingerprint density at radius 2 is 1.97 bits per heavy atom.